The molecular weight excluding hydrogens is 356 g/mol. The maximum atomic E-state index is 11.4. The molecule has 0 saturated carbocycles. The second-order valence-corrected chi connectivity index (χ2v) is 7.05. The van der Waals surface area contributed by atoms with E-state index in [1.807, 2.05) is 23.2 Å². The fourth-order valence-corrected chi connectivity index (χ4v) is 3.35. The number of β-amino-alcohol motifs (C(OH)–C–C–N with tert-alkyl or cyclic N) is 1. The van der Waals surface area contributed by atoms with Gasteiger partial charge in [0.25, 0.3) is 0 Å². The van der Waals surface area contributed by atoms with Gasteiger partial charge in [-0.25, -0.2) is 9.50 Å². The molecule has 4 rings (SSSR count). The Hall–Kier alpha value is -3.70. The van der Waals surface area contributed by atoms with E-state index >= 15 is 0 Å². The average molecular weight is 374 g/mol. The van der Waals surface area contributed by atoms with E-state index in [0.717, 1.165) is 16.8 Å². The number of carbonyl (C=O) groups excluding carboxylic acids is 1. The van der Waals surface area contributed by atoms with Crippen molar-refractivity contribution in [1.82, 2.24) is 14.6 Å². The molecule has 1 saturated heterocycles. The van der Waals surface area contributed by atoms with Gasteiger partial charge < -0.3 is 15.3 Å². The molecule has 1 fully saturated rings. The molecule has 0 unspecified atom stereocenters. The molecule has 0 spiro atoms. The summed E-state index contributed by atoms with van der Waals surface area (Å²) in [6.07, 6.45) is 6.19. The number of hydrogen-bond acceptors (Lipinski definition) is 6. The van der Waals surface area contributed by atoms with Crippen molar-refractivity contribution in [3.05, 3.63) is 55.0 Å². The Labute approximate surface area is 161 Å². The first-order valence-electron chi connectivity index (χ1n) is 8.69. The van der Waals surface area contributed by atoms with Gasteiger partial charge in [-0.15, -0.1) is 0 Å². The number of hydrogen-bond donors (Lipinski definition) is 2. The highest BCUT2D eigenvalue weighted by molar-refractivity contribution is 5.98. The summed E-state index contributed by atoms with van der Waals surface area (Å²) in [6, 6.07) is 7.65. The quantitative estimate of drug-likeness (QED) is 0.676. The molecule has 3 aromatic rings. The highest BCUT2D eigenvalue weighted by Gasteiger charge is 2.37. The van der Waals surface area contributed by atoms with E-state index in [1.54, 1.807) is 23.7 Å². The molecule has 3 aromatic heterocycles. The molecule has 1 aliphatic rings. The molecule has 1 amide bonds. The predicted octanol–water partition coefficient (Wildman–Crippen LogP) is 1.96. The Bertz CT molecular complexity index is 1120. The van der Waals surface area contributed by atoms with Crippen LogP contribution in [0.2, 0.25) is 0 Å². The predicted molar refractivity (Wildman–Crippen MR) is 105 cm³/mol. The van der Waals surface area contributed by atoms with Crippen LogP contribution in [-0.4, -0.2) is 44.3 Å². The molecule has 8 nitrogen and oxygen atoms in total. The SMILES string of the molecule is C=CC(=O)Nc1ccc(-c2cc(N3CC(C)(O)C3)cn3ncc(C#N)c23)cn1. The fraction of sp³-hybridized carbons (Fsp3) is 0.200. The molecule has 2 N–H and O–H groups in total. The van der Waals surface area contributed by atoms with Crippen molar-refractivity contribution < 1.29 is 9.90 Å². The minimum Gasteiger partial charge on any atom is -0.386 e. The van der Waals surface area contributed by atoms with Crippen LogP contribution in [0, 0.1) is 11.3 Å². The number of nitriles is 1. The molecule has 0 aliphatic carbocycles. The van der Waals surface area contributed by atoms with Crippen molar-refractivity contribution >= 4 is 22.9 Å². The molecule has 1 aliphatic heterocycles. The number of pyridine rings is 2. The van der Waals surface area contributed by atoms with Gasteiger partial charge in [-0.2, -0.15) is 10.4 Å². The largest absolute Gasteiger partial charge is 0.386 e. The van der Waals surface area contributed by atoms with Gasteiger partial charge >= 0.3 is 0 Å². The maximum absolute atomic E-state index is 11.4. The van der Waals surface area contributed by atoms with Gasteiger partial charge in [0.1, 0.15) is 11.9 Å². The van der Waals surface area contributed by atoms with Crippen LogP contribution < -0.4 is 10.2 Å². The molecule has 4 heterocycles. The Kier molecular flexibility index (Phi) is 4.09. The Morgan fingerprint density at radius 2 is 2.21 bits per heavy atom. The van der Waals surface area contributed by atoms with Gasteiger partial charge in [-0.3, -0.25) is 4.79 Å². The fourth-order valence-electron chi connectivity index (χ4n) is 3.35. The summed E-state index contributed by atoms with van der Waals surface area (Å²) in [5.74, 6) is 0.0747. The van der Waals surface area contributed by atoms with Crippen molar-refractivity contribution in [3.63, 3.8) is 0 Å². The molecule has 28 heavy (non-hydrogen) atoms. The lowest BCUT2D eigenvalue weighted by Gasteiger charge is -2.45. The first kappa shape index (κ1) is 17.7. The monoisotopic (exact) mass is 374 g/mol. The van der Waals surface area contributed by atoms with Crippen LogP contribution in [0.3, 0.4) is 0 Å². The topological polar surface area (TPSA) is 107 Å². The van der Waals surface area contributed by atoms with Crippen molar-refractivity contribution in [2.45, 2.75) is 12.5 Å². The van der Waals surface area contributed by atoms with Gasteiger partial charge in [0, 0.05) is 30.4 Å². The molecule has 140 valence electrons. The van der Waals surface area contributed by atoms with Crippen molar-refractivity contribution in [3.8, 4) is 17.2 Å². The summed E-state index contributed by atoms with van der Waals surface area (Å²) >= 11 is 0. The maximum Gasteiger partial charge on any atom is 0.248 e. The Morgan fingerprint density at radius 3 is 2.82 bits per heavy atom. The zero-order valence-corrected chi connectivity index (χ0v) is 15.3. The van der Waals surface area contributed by atoms with Crippen LogP contribution in [-0.2, 0) is 4.79 Å². The van der Waals surface area contributed by atoms with Gasteiger partial charge in [0.2, 0.25) is 5.91 Å². The van der Waals surface area contributed by atoms with Crippen molar-refractivity contribution in [2.75, 3.05) is 23.3 Å². The Morgan fingerprint density at radius 1 is 1.43 bits per heavy atom. The molecule has 8 heteroatoms. The lowest BCUT2D eigenvalue weighted by molar-refractivity contribution is -0.111. The molecule has 0 aromatic carbocycles. The smallest absolute Gasteiger partial charge is 0.248 e. The lowest BCUT2D eigenvalue weighted by Crippen LogP contribution is -2.60. The highest BCUT2D eigenvalue weighted by Crippen LogP contribution is 2.34. The minimum absolute atomic E-state index is 0.336. The zero-order chi connectivity index (χ0) is 19.9. The molecule has 0 radical (unpaired) electrons. The van der Waals surface area contributed by atoms with E-state index in [4.69, 9.17) is 0 Å². The van der Waals surface area contributed by atoms with Gasteiger partial charge in [0.15, 0.2) is 0 Å². The summed E-state index contributed by atoms with van der Waals surface area (Å²) in [5.41, 5.74) is 2.92. The van der Waals surface area contributed by atoms with Crippen LogP contribution in [0.1, 0.15) is 12.5 Å². The third-order valence-electron chi connectivity index (χ3n) is 4.66. The standard InChI is InChI=1S/C20H18N6O2/c1-3-18(27)24-17-5-4-13(8-22-17)16-6-15(25-11-20(2,28)12-25)10-26-19(16)14(7-21)9-23-26/h3-6,8-10,28H,1,11-12H2,2H3,(H,22,24,27). The average Bonchev–Trinajstić information content (AvgIpc) is 3.09. The lowest BCUT2D eigenvalue weighted by atomic mass is 9.95. The second-order valence-electron chi connectivity index (χ2n) is 7.05. The second kappa shape index (κ2) is 6.48. The number of nitrogens with one attached hydrogen (secondary N) is 1. The minimum atomic E-state index is -0.705. The first-order chi connectivity index (χ1) is 13.4. The van der Waals surface area contributed by atoms with Gasteiger partial charge in [0.05, 0.1) is 34.8 Å². The molecule has 0 atom stereocenters. The van der Waals surface area contributed by atoms with Gasteiger partial charge in [-0.1, -0.05) is 6.58 Å². The van der Waals surface area contributed by atoms with E-state index in [9.17, 15) is 15.2 Å². The normalized spacial score (nSPS) is 15.0. The number of carbonyl (C=O) groups is 1. The highest BCUT2D eigenvalue weighted by atomic mass is 16.3. The van der Waals surface area contributed by atoms with E-state index in [0.29, 0.717) is 30.0 Å². The Balaban J connectivity index is 1.78. The van der Waals surface area contributed by atoms with Crippen LogP contribution >= 0.6 is 0 Å². The van der Waals surface area contributed by atoms with Crippen molar-refractivity contribution in [1.29, 1.82) is 5.26 Å². The van der Waals surface area contributed by atoms with Gasteiger partial charge in [-0.05, 0) is 31.2 Å². The third kappa shape index (κ3) is 3.08. The van der Waals surface area contributed by atoms with Crippen LogP contribution in [0.25, 0.3) is 16.6 Å². The van der Waals surface area contributed by atoms with Crippen LogP contribution in [0.4, 0.5) is 11.5 Å². The number of nitrogens with zero attached hydrogens (tertiary/aromatic N) is 5. The van der Waals surface area contributed by atoms with E-state index in [-0.39, 0.29) is 5.91 Å². The molecular formula is C20H18N6O2. The summed E-state index contributed by atoms with van der Waals surface area (Å²) < 4.78 is 1.67. The number of aromatic nitrogens is 3. The van der Waals surface area contributed by atoms with E-state index in [2.05, 4.69) is 28.0 Å². The summed E-state index contributed by atoms with van der Waals surface area (Å²) in [4.78, 5) is 17.7. The molecule has 0 bridgehead atoms. The number of anilines is 2. The zero-order valence-electron chi connectivity index (χ0n) is 15.3. The summed E-state index contributed by atoms with van der Waals surface area (Å²) in [6.45, 7) is 6.26. The number of amides is 1. The van der Waals surface area contributed by atoms with Crippen molar-refractivity contribution in [2.24, 2.45) is 0 Å². The van der Waals surface area contributed by atoms with Crippen LogP contribution in [0.5, 0.6) is 0 Å². The summed E-state index contributed by atoms with van der Waals surface area (Å²) in [7, 11) is 0. The van der Waals surface area contributed by atoms with E-state index in [1.165, 1.54) is 12.3 Å². The first-order valence-corrected chi connectivity index (χ1v) is 8.69. The number of rotatable bonds is 4. The summed E-state index contributed by atoms with van der Waals surface area (Å²) in [5, 5.41) is 26.4. The third-order valence-corrected chi connectivity index (χ3v) is 4.66. The number of aliphatic hydroxyl groups is 1. The number of fused-ring (bicyclic) bond motifs is 1. The van der Waals surface area contributed by atoms with Crippen LogP contribution in [0.15, 0.2) is 49.4 Å². The van der Waals surface area contributed by atoms with E-state index < -0.39 is 5.60 Å².